The number of carbonyl (C=O) groups excluding carboxylic acids is 1. The molecule has 0 aliphatic rings. The van der Waals surface area contributed by atoms with Gasteiger partial charge in [0.15, 0.2) is 0 Å². The van der Waals surface area contributed by atoms with E-state index in [0.29, 0.717) is 30.3 Å². The zero-order valence-electron chi connectivity index (χ0n) is 12.4. The molecule has 2 heterocycles. The van der Waals surface area contributed by atoms with Crippen LogP contribution < -0.4 is 10.9 Å². The Labute approximate surface area is 122 Å². The molecule has 0 saturated heterocycles. The van der Waals surface area contributed by atoms with Crippen LogP contribution in [0.3, 0.4) is 0 Å². The third kappa shape index (κ3) is 3.56. The van der Waals surface area contributed by atoms with Gasteiger partial charge in [-0.15, -0.1) is 0 Å². The van der Waals surface area contributed by atoms with E-state index in [1.807, 2.05) is 20.8 Å². The quantitative estimate of drug-likeness (QED) is 0.873. The predicted octanol–water partition coefficient (Wildman–Crippen LogP) is 1.57. The fourth-order valence-corrected chi connectivity index (χ4v) is 1.96. The highest BCUT2D eigenvalue weighted by molar-refractivity contribution is 5.90. The maximum Gasteiger partial charge on any atom is 0.252 e. The maximum atomic E-state index is 11.8. The standard InChI is InChI=1S/C14H19N5O2/c1-4-6-12(20)16-11-7-9(3)18-19(11)14-15-10(5-2)8-13(21)17-14/h7-8H,4-6H2,1-3H3,(H,16,20)(H,15,17,21). The third-order valence-electron chi connectivity index (χ3n) is 2.92. The molecule has 0 unspecified atom stereocenters. The molecule has 2 N–H and O–H groups in total. The van der Waals surface area contributed by atoms with Crippen LogP contribution in [0.2, 0.25) is 0 Å². The second-order valence-corrected chi connectivity index (χ2v) is 4.79. The molecule has 2 aromatic heterocycles. The van der Waals surface area contributed by atoms with Gasteiger partial charge in [-0.25, -0.2) is 4.98 Å². The van der Waals surface area contributed by atoms with E-state index in [9.17, 15) is 9.59 Å². The molecule has 2 rings (SSSR count). The van der Waals surface area contributed by atoms with Crippen LogP contribution in [0.1, 0.15) is 38.1 Å². The molecule has 21 heavy (non-hydrogen) atoms. The minimum Gasteiger partial charge on any atom is -0.310 e. The first-order chi connectivity index (χ1) is 10.0. The number of aromatic nitrogens is 4. The lowest BCUT2D eigenvalue weighted by molar-refractivity contribution is -0.116. The maximum absolute atomic E-state index is 11.8. The molecule has 112 valence electrons. The van der Waals surface area contributed by atoms with E-state index in [4.69, 9.17) is 0 Å². The first-order valence-corrected chi connectivity index (χ1v) is 7.00. The van der Waals surface area contributed by atoms with Gasteiger partial charge in [0.1, 0.15) is 5.82 Å². The SMILES string of the molecule is CCCC(=O)Nc1cc(C)nn1-c1nc(CC)cc(=O)[nH]1. The van der Waals surface area contributed by atoms with Crippen molar-refractivity contribution in [3.8, 4) is 5.95 Å². The van der Waals surface area contributed by atoms with E-state index in [2.05, 4.69) is 20.4 Å². The summed E-state index contributed by atoms with van der Waals surface area (Å²) < 4.78 is 1.45. The fourth-order valence-electron chi connectivity index (χ4n) is 1.96. The molecular weight excluding hydrogens is 270 g/mol. The number of nitrogens with one attached hydrogen (secondary N) is 2. The van der Waals surface area contributed by atoms with Crippen LogP contribution in [0.25, 0.3) is 5.95 Å². The molecule has 1 amide bonds. The van der Waals surface area contributed by atoms with Crippen LogP contribution >= 0.6 is 0 Å². The minimum atomic E-state index is -0.240. The van der Waals surface area contributed by atoms with Crippen LogP contribution in [0.15, 0.2) is 16.9 Å². The highest BCUT2D eigenvalue weighted by atomic mass is 16.1. The molecule has 0 bridgehead atoms. The van der Waals surface area contributed by atoms with Crippen molar-refractivity contribution in [3.05, 3.63) is 33.9 Å². The predicted molar refractivity (Wildman–Crippen MR) is 79.6 cm³/mol. The zero-order valence-corrected chi connectivity index (χ0v) is 12.4. The molecule has 0 atom stereocenters. The Morgan fingerprint density at radius 3 is 2.81 bits per heavy atom. The largest absolute Gasteiger partial charge is 0.310 e. The monoisotopic (exact) mass is 289 g/mol. The Hall–Kier alpha value is -2.44. The Kier molecular flexibility index (Phi) is 4.52. The molecule has 7 nitrogen and oxygen atoms in total. The smallest absolute Gasteiger partial charge is 0.252 e. The van der Waals surface area contributed by atoms with E-state index < -0.39 is 0 Å². The van der Waals surface area contributed by atoms with Gasteiger partial charge >= 0.3 is 0 Å². The number of nitrogens with zero attached hydrogens (tertiary/aromatic N) is 3. The molecule has 7 heteroatoms. The van der Waals surface area contributed by atoms with Gasteiger partial charge in [-0.3, -0.25) is 14.6 Å². The summed E-state index contributed by atoms with van der Waals surface area (Å²) in [6.45, 7) is 5.67. The van der Waals surface area contributed by atoms with E-state index in [-0.39, 0.29) is 11.5 Å². The Bertz CT molecular complexity index is 702. The number of anilines is 1. The normalized spacial score (nSPS) is 10.6. The van der Waals surface area contributed by atoms with Crippen molar-refractivity contribution in [1.82, 2.24) is 19.7 Å². The molecule has 0 spiro atoms. The second kappa shape index (κ2) is 6.34. The number of amides is 1. The summed E-state index contributed by atoms with van der Waals surface area (Å²) in [5.74, 6) is 0.717. The van der Waals surface area contributed by atoms with Gasteiger partial charge in [0.2, 0.25) is 11.9 Å². The van der Waals surface area contributed by atoms with Gasteiger partial charge in [0, 0.05) is 24.2 Å². The van der Waals surface area contributed by atoms with E-state index >= 15 is 0 Å². The summed E-state index contributed by atoms with van der Waals surface area (Å²) in [6.07, 6.45) is 1.84. The van der Waals surface area contributed by atoms with Crippen LogP contribution in [-0.4, -0.2) is 25.7 Å². The molecule has 0 aliphatic heterocycles. The van der Waals surface area contributed by atoms with Gasteiger partial charge in [-0.1, -0.05) is 13.8 Å². The Balaban J connectivity index is 2.42. The molecule has 0 aliphatic carbocycles. The van der Waals surface area contributed by atoms with E-state index in [1.165, 1.54) is 10.7 Å². The summed E-state index contributed by atoms with van der Waals surface area (Å²) in [4.78, 5) is 30.4. The van der Waals surface area contributed by atoms with E-state index in [1.54, 1.807) is 6.07 Å². The van der Waals surface area contributed by atoms with Crippen LogP contribution in [0.5, 0.6) is 0 Å². The van der Waals surface area contributed by atoms with E-state index in [0.717, 1.165) is 12.1 Å². The number of aryl methyl sites for hydroxylation is 2. The van der Waals surface area contributed by atoms with Gasteiger partial charge in [-0.05, 0) is 19.8 Å². The van der Waals surface area contributed by atoms with Crippen molar-refractivity contribution in [1.29, 1.82) is 0 Å². The van der Waals surface area contributed by atoms with Gasteiger partial charge < -0.3 is 5.32 Å². The first-order valence-electron chi connectivity index (χ1n) is 7.00. The average Bonchev–Trinajstić information content (AvgIpc) is 2.79. The number of aromatic amines is 1. The van der Waals surface area contributed by atoms with Crippen molar-refractivity contribution in [2.75, 3.05) is 5.32 Å². The van der Waals surface area contributed by atoms with Gasteiger partial charge in [-0.2, -0.15) is 9.78 Å². The van der Waals surface area contributed by atoms with Crippen molar-refractivity contribution in [2.45, 2.75) is 40.0 Å². The summed E-state index contributed by atoms with van der Waals surface area (Å²) in [5.41, 5.74) is 1.16. The lowest BCUT2D eigenvalue weighted by Crippen LogP contribution is -2.19. The van der Waals surface area contributed by atoms with Crippen LogP contribution in [-0.2, 0) is 11.2 Å². The van der Waals surface area contributed by atoms with Crippen molar-refractivity contribution in [3.63, 3.8) is 0 Å². The second-order valence-electron chi connectivity index (χ2n) is 4.79. The van der Waals surface area contributed by atoms with Gasteiger partial charge in [0.25, 0.3) is 5.56 Å². The summed E-state index contributed by atoms with van der Waals surface area (Å²) in [7, 11) is 0. The van der Waals surface area contributed by atoms with Crippen molar-refractivity contribution < 1.29 is 4.79 Å². The number of hydrogen-bond donors (Lipinski definition) is 2. The molecule has 0 radical (unpaired) electrons. The van der Waals surface area contributed by atoms with Crippen LogP contribution in [0.4, 0.5) is 5.82 Å². The molecule has 0 saturated carbocycles. The zero-order chi connectivity index (χ0) is 15.4. The minimum absolute atomic E-state index is 0.0901. The number of rotatable bonds is 5. The topological polar surface area (TPSA) is 92.7 Å². The summed E-state index contributed by atoms with van der Waals surface area (Å²) in [5, 5.41) is 7.07. The molecular formula is C14H19N5O2. The van der Waals surface area contributed by atoms with Crippen LogP contribution in [0, 0.1) is 6.92 Å². The summed E-state index contributed by atoms with van der Waals surface area (Å²) in [6, 6.07) is 3.20. The molecule has 2 aromatic rings. The first kappa shape index (κ1) is 15.0. The Morgan fingerprint density at radius 2 is 2.14 bits per heavy atom. The number of H-pyrrole nitrogens is 1. The third-order valence-corrected chi connectivity index (χ3v) is 2.92. The molecule has 0 fully saturated rings. The number of hydrogen-bond acceptors (Lipinski definition) is 4. The highest BCUT2D eigenvalue weighted by Gasteiger charge is 2.12. The van der Waals surface area contributed by atoms with Crippen molar-refractivity contribution in [2.24, 2.45) is 0 Å². The van der Waals surface area contributed by atoms with Crippen molar-refractivity contribution >= 4 is 11.7 Å². The average molecular weight is 289 g/mol. The van der Waals surface area contributed by atoms with Gasteiger partial charge in [0.05, 0.1) is 5.69 Å². The summed E-state index contributed by atoms with van der Waals surface area (Å²) >= 11 is 0. The Morgan fingerprint density at radius 1 is 1.38 bits per heavy atom. The number of carbonyl (C=O) groups is 1. The molecule has 0 aromatic carbocycles. The lowest BCUT2D eigenvalue weighted by Gasteiger charge is -2.08. The fraction of sp³-hybridized carbons (Fsp3) is 0.429. The highest BCUT2D eigenvalue weighted by Crippen LogP contribution is 2.14. The lowest BCUT2D eigenvalue weighted by atomic mass is 10.3.